The van der Waals surface area contributed by atoms with Crippen molar-refractivity contribution >= 4 is 29.4 Å². The zero-order valence-electron chi connectivity index (χ0n) is 20.2. The summed E-state index contributed by atoms with van der Waals surface area (Å²) in [6, 6.07) is 22.3. The second-order valence-corrected chi connectivity index (χ2v) is 8.28. The second-order valence-electron chi connectivity index (χ2n) is 7.85. The van der Waals surface area contributed by atoms with Gasteiger partial charge < -0.3 is 20.1 Å². The highest BCUT2D eigenvalue weighted by Crippen LogP contribution is 2.19. The third kappa shape index (κ3) is 6.55. The first-order valence-electron chi connectivity index (χ1n) is 11.7. The van der Waals surface area contributed by atoms with Crippen LogP contribution in [-0.4, -0.2) is 33.9 Å². The van der Waals surface area contributed by atoms with E-state index in [1.807, 2.05) is 62.4 Å². The fraction of sp³-hybridized carbons (Fsp3) is 0.222. The Hall–Kier alpha value is -4.04. The number of halogens is 1. The summed E-state index contributed by atoms with van der Waals surface area (Å²) < 4.78 is 12.2. The lowest BCUT2D eigenvalue weighted by atomic mass is 10.2. The monoisotopic (exact) mass is 505 g/mol. The molecule has 0 saturated carbocycles. The molecule has 186 valence electrons. The van der Waals surface area contributed by atoms with Crippen LogP contribution in [0.25, 0.3) is 0 Å². The van der Waals surface area contributed by atoms with E-state index in [1.54, 1.807) is 24.3 Å². The van der Waals surface area contributed by atoms with Crippen molar-refractivity contribution in [3.8, 4) is 11.5 Å². The van der Waals surface area contributed by atoms with E-state index in [-0.39, 0.29) is 5.91 Å². The van der Waals surface area contributed by atoms with E-state index in [0.717, 1.165) is 22.6 Å². The Kier molecular flexibility index (Phi) is 8.41. The average molecular weight is 506 g/mol. The van der Waals surface area contributed by atoms with Gasteiger partial charge in [0.2, 0.25) is 11.9 Å². The molecule has 2 N–H and O–H groups in total. The van der Waals surface area contributed by atoms with Gasteiger partial charge in [0.25, 0.3) is 5.91 Å². The number of benzene rings is 3. The number of nitrogens with one attached hydrogen (secondary N) is 2. The van der Waals surface area contributed by atoms with E-state index in [4.69, 9.17) is 21.1 Å². The Labute approximate surface area is 215 Å². The molecule has 36 heavy (non-hydrogen) atoms. The van der Waals surface area contributed by atoms with Crippen molar-refractivity contribution < 1.29 is 14.3 Å². The summed E-state index contributed by atoms with van der Waals surface area (Å²) >= 11 is 6.10. The maximum Gasteiger partial charge on any atom is 0.281 e. The van der Waals surface area contributed by atoms with Crippen molar-refractivity contribution in [1.82, 2.24) is 14.8 Å². The van der Waals surface area contributed by atoms with Gasteiger partial charge in [0.1, 0.15) is 11.5 Å². The number of carbonyl (C=O) groups excluding carboxylic acids is 1. The van der Waals surface area contributed by atoms with Gasteiger partial charge in [-0.25, -0.2) is 0 Å². The van der Waals surface area contributed by atoms with Crippen molar-refractivity contribution in [3.05, 3.63) is 94.5 Å². The summed E-state index contributed by atoms with van der Waals surface area (Å²) in [5.41, 5.74) is 2.45. The first-order valence-corrected chi connectivity index (χ1v) is 12.1. The molecule has 4 rings (SSSR count). The fourth-order valence-electron chi connectivity index (χ4n) is 3.49. The molecule has 8 nitrogen and oxygen atoms in total. The van der Waals surface area contributed by atoms with Gasteiger partial charge in [-0.2, -0.15) is 9.67 Å². The van der Waals surface area contributed by atoms with Crippen LogP contribution in [0.2, 0.25) is 5.02 Å². The quantitative estimate of drug-likeness (QED) is 0.272. The molecule has 0 unspecified atom stereocenters. The van der Waals surface area contributed by atoms with Crippen LogP contribution in [0.1, 0.15) is 35.3 Å². The number of anilines is 2. The summed E-state index contributed by atoms with van der Waals surface area (Å²) in [4.78, 5) is 17.8. The predicted molar refractivity (Wildman–Crippen MR) is 141 cm³/mol. The highest BCUT2D eigenvalue weighted by Gasteiger charge is 2.18. The topological polar surface area (TPSA) is 90.3 Å². The number of hydrogen-bond acceptors (Lipinski definition) is 7. The van der Waals surface area contributed by atoms with Crippen molar-refractivity contribution in [2.24, 2.45) is 0 Å². The van der Waals surface area contributed by atoms with Gasteiger partial charge in [-0.1, -0.05) is 41.9 Å². The van der Waals surface area contributed by atoms with Gasteiger partial charge in [-0.3, -0.25) is 4.79 Å². The molecule has 0 aliphatic rings. The molecule has 9 heteroatoms. The lowest BCUT2D eigenvalue weighted by Crippen LogP contribution is -2.17. The maximum atomic E-state index is 13.2. The van der Waals surface area contributed by atoms with Gasteiger partial charge in [0.05, 0.1) is 13.2 Å². The highest BCUT2D eigenvalue weighted by molar-refractivity contribution is 6.31. The Balaban J connectivity index is 1.52. The molecule has 0 atom stereocenters. The Bertz CT molecular complexity index is 1290. The summed E-state index contributed by atoms with van der Waals surface area (Å²) in [7, 11) is 0. The van der Waals surface area contributed by atoms with Crippen molar-refractivity contribution in [1.29, 1.82) is 0 Å². The molecular formula is C27H28ClN5O3. The van der Waals surface area contributed by atoms with Crippen LogP contribution in [0.15, 0.2) is 72.8 Å². The van der Waals surface area contributed by atoms with Crippen LogP contribution in [0.5, 0.6) is 11.5 Å². The molecule has 0 radical (unpaired) electrons. The lowest BCUT2D eigenvalue weighted by molar-refractivity contribution is 0.0947. The summed E-state index contributed by atoms with van der Waals surface area (Å²) in [6.45, 7) is 6.06. The van der Waals surface area contributed by atoms with Crippen molar-refractivity contribution in [2.45, 2.75) is 26.9 Å². The number of carbonyl (C=O) groups is 1. The Morgan fingerprint density at radius 2 is 1.44 bits per heavy atom. The van der Waals surface area contributed by atoms with E-state index < -0.39 is 0 Å². The number of ether oxygens (including phenoxy) is 2. The third-order valence-corrected chi connectivity index (χ3v) is 5.48. The van der Waals surface area contributed by atoms with Crippen LogP contribution in [0.3, 0.4) is 0 Å². The number of rotatable bonds is 11. The molecule has 3 aromatic carbocycles. The van der Waals surface area contributed by atoms with E-state index in [9.17, 15) is 4.79 Å². The predicted octanol–water partition coefficient (Wildman–Crippen LogP) is 5.64. The van der Waals surface area contributed by atoms with Crippen LogP contribution in [-0.2, 0) is 13.1 Å². The Morgan fingerprint density at radius 3 is 2.00 bits per heavy atom. The lowest BCUT2D eigenvalue weighted by Gasteiger charge is -2.08. The number of nitrogens with zero attached hydrogens (tertiary/aromatic N) is 3. The van der Waals surface area contributed by atoms with E-state index in [2.05, 4.69) is 20.7 Å². The molecule has 4 aromatic rings. The molecule has 0 aliphatic carbocycles. The van der Waals surface area contributed by atoms with Gasteiger partial charge >= 0.3 is 0 Å². The van der Waals surface area contributed by atoms with Gasteiger partial charge in [-0.05, 0) is 67.4 Å². The van der Waals surface area contributed by atoms with Crippen LogP contribution in [0, 0.1) is 0 Å². The van der Waals surface area contributed by atoms with Crippen LogP contribution < -0.4 is 20.1 Å². The molecule has 0 saturated heterocycles. The zero-order valence-corrected chi connectivity index (χ0v) is 21.0. The standard InChI is InChI=1S/C27H28ClN5O3/c1-3-35-23-12-8-19(9-13-23)17-29-26-31-27(30-18-20-10-14-24(15-11-20)36-4-2)33(32-26)25(34)21-6-5-7-22(28)16-21/h5-16H,3-4,17-18H2,1-2H3,(H2,29,30,31,32). The molecular weight excluding hydrogens is 478 g/mol. The molecule has 0 fully saturated rings. The van der Waals surface area contributed by atoms with E-state index in [0.29, 0.717) is 48.8 Å². The molecule has 0 amide bonds. The van der Waals surface area contributed by atoms with Gasteiger partial charge in [0, 0.05) is 23.7 Å². The van der Waals surface area contributed by atoms with Gasteiger partial charge in [-0.15, -0.1) is 5.10 Å². The smallest absolute Gasteiger partial charge is 0.281 e. The minimum atomic E-state index is -0.340. The summed E-state index contributed by atoms with van der Waals surface area (Å²) in [5.74, 6) is 1.93. The average Bonchev–Trinajstić information content (AvgIpc) is 3.31. The van der Waals surface area contributed by atoms with E-state index >= 15 is 0 Å². The third-order valence-electron chi connectivity index (χ3n) is 5.24. The normalized spacial score (nSPS) is 10.6. The first-order chi connectivity index (χ1) is 17.6. The molecule has 1 heterocycles. The van der Waals surface area contributed by atoms with Crippen molar-refractivity contribution in [3.63, 3.8) is 0 Å². The summed E-state index contributed by atoms with van der Waals surface area (Å²) in [5, 5.41) is 11.3. The first kappa shape index (κ1) is 25.1. The molecule has 0 aliphatic heterocycles. The number of aromatic nitrogens is 3. The van der Waals surface area contributed by atoms with Crippen LogP contribution >= 0.6 is 11.6 Å². The maximum absolute atomic E-state index is 13.2. The molecule has 0 bridgehead atoms. The number of hydrogen-bond donors (Lipinski definition) is 2. The SMILES string of the molecule is CCOc1ccc(CNc2nc(NCc3ccc(OCC)cc3)n(C(=O)c3cccc(Cl)c3)n2)cc1. The molecule has 1 aromatic heterocycles. The van der Waals surface area contributed by atoms with E-state index in [1.165, 1.54) is 4.68 Å². The fourth-order valence-corrected chi connectivity index (χ4v) is 3.68. The minimum Gasteiger partial charge on any atom is -0.494 e. The zero-order chi connectivity index (χ0) is 25.3. The van der Waals surface area contributed by atoms with Crippen molar-refractivity contribution in [2.75, 3.05) is 23.8 Å². The largest absolute Gasteiger partial charge is 0.494 e. The summed E-state index contributed by atoms with van der Waals surface area (Å²) in [6.07, 6.45) is 0. The minimum absolute atomic E-state index is 0.322. The Morgan fingerprint density at radius 1 is 0.861 bits per heavy atom. The van der Waals surface area contributed by atoms with Crippen LogP contribution in [0.4, 0.5) is 11.9 Å². The second kappa shape index (κ2) is 12.1. The van der Waals surface area contributed by atoms with Gasteiger partial charge in [0.15, 0.2) is 0 Å². The molecule has 0 spiro atoms. The highest BCUT2D eigenvalue weighted by atomic mass is 35.5.